The van der Waals surface area contributed by atoms with Crippen LogP contribution in [0.2, 0.25) is 0 Å². The van der Waals surface area contributed by atoms with Crippen LogP contribution in [0.15, 0.2) is 29.2 Å². The lowest BCUT2D eigenvalue weighted by molar-refractivity contribution is -0.154. The lowest BCUT2D eigenvalue weighted by atomic mass is 10.2. The monoisotopic (exact) mass is 328 g/mol. The van der Waals surface area contributed by atoms with Crippen LogP contribution >= 0.6 is 0 Å². The number of carbonyl (C=O) groups excluding carboxylic acids is 1. The van der Waals surface area contributed by atoms with E-state index in [-0.39, 0.29) is 17.6 Å². The van der Waals surface area contributed by atoms with Crippen LogP contribution in [-0.2, 0) is 28.6 Å². The Kier molecular flexibility index (Phi) is 5.55. The van der Waals surface area contributed by atoms with Gasteiger partial charge in [-0.2, -0.15) is 8.42 Å². The van der Waals surface area contributed by atoms with Crippen LogP contribution < -0.4 is 0 Å². The third-order valence-electron chi connectivity index (χ3n) is 3.35. The molecule has 1 fully saturated rings. The minimum Gasteiger partial charge on any atom is -0.461 e. The molecule has 0 radical (unpaired) electrons. The smallest absolute Gasteiger partial charge is 0.336 e. The lowest BCUT2D eigenvalue weighted by Gasteiger charge is -2.15. The molecule has 2 unspecified atom stereocenters. The topological polar surface area (TPSA) is 78.9 Å². The quantitative estimate of drug-likeness (QED) is 0.585. The second-order valence-corrected chi connectivity index (χ2v) is 6.84. The van der Waals surface area contributed by atoms with E-state index in [1.54, 1.807) is 12.1 Å². The highest BCUT2D eigenvalue weighted by Crippen LogP contribution is 2.16. The van der Waals surface area contributed by atoms with Crippen molar-refractivity contribution in [2.24, 2.45) is 0 Å². The Morgan fingerprint density at radius 2 is 2.05 bits per heavy atom. The number of hydrogen-bond donors (Lipinski definition) is 0. The zero-order valence-electron chi connectivity index (χ0n) is 12.7. The Morgan fingerprint density at radius 3 is 2.64 bits per heavy atom. The molecule has 2 atom stereocenters. The van der Waals surface area contributed by atoms with E-state index in [1.165, 1.54) is 19.1 Å². The van der Waals surface area contributed by atoms with Gasteiger partial charge < -0.3 is 9.47 Å². The molecule has 0 N–H and O–H groups in total. The Bertz CT molecular complexity index is 601. The second-order valence-electron chi connectivity index (χ2n) is 5.27. The molecule has 22 heavy (non-hydrogen) atoms. The van der Waals surface area contributed by atoms with Gasteiger partial charge in [0.25, 0.3) is 10.1 Å². The summed E-state index contributed by atoms with van der Waals surface area (Å²) < 4.78 is 39.4. The van der Waals surface area contributed by atoms with Crippen LogP contribution in [0, 0.1) is 6.92 Å². The molecule has 1 heterocycles. The van der Waals surface area contributed by atoms with Crippen molar-refractivity contribution < 1.29 is 26.9 Å². The minimum absolute atomic E-state index is 0.0110. The van der Waals surface area contributed by atoms with E-state index in [0.717, 1.165) is 18.4 Å². The van der Waals surface area contributed by atoms with Crippen molar-refractivity contribution in [1.29, 1.82) is 0 Å². The number of hydrogen-bond acceptors (Lipinski definition) is 6. The maximum absolute atomic E-state index is 12.1. The third-order valence-corrected chi connectivity index (χ3v) is 4.74. The molecule has 0 aliphatic carbocycles. The van der Waals surface area contributed by atoms with Crippen molar-refractivity contribution in [2.45, 2.75) is 43.8 Å². The fourth-order valence-corrected chi connectivity index (χ4v) is 3.10. The summed E-state index contributed by atoms with van der Waals surface area (Å²) in [7, 11) is -3.99. The van der Waals surface area contributed by atoms with Crippen molar-refractivity contribution in [3.63, 3.8) is 0 Å². The van der Waals surface area contributed by atoms with Crippen LogP contribution in [0.25, 0.3) is 0 Å². The van der Waals surface area contributed by atoms with Crippen molar-refractivity contribution in [2.75, 3.05) is 13.2 Å². The van der Waals surface area contributed by atoms with Gasteiger partial charge in [0.15, 0.2) is 6.10 Å². The van der Waals surface area contributed by atoms with Gasteiger partial charge in [0.2, 0.25) is 0 Å². The van der Waals surface area contributed by atoms with Gasteiger partial charge in [-0.25, -0.2) is 4.79 Å². The normalized spacial score (nSPS) is 19.8. The van der Waals surface area contributed by atoms with Crippen molar-refractivity contribution in [3.8, 4) is 0 Å². The van der Waals surface area contributed by atoms with Crippen molar-refractivity contribution in [3.05, 3.63) is 29.8 Å². The molecule has 2 rings (SSSR count). The van der Waals surface area contributed by atoms with E-state index >= 15 is 0 Å². The highest BCUT2D eigenvalue weighted by Gasteiger charge is 2.26. The molecule has 1 aromatic rings. The number of benzene rings is 1. The zero-order chi connectivity index (χ0) is 16.2. The van der Waals surface area contributed by atoms with Gasteiger partial charge in [0.1, 0.15) is 6.61 Å². The number of aryl methyl sites for hydroxylation is 1. The Morgan fingerprint density at radius 1 is 1.36 bits per heavy atom. The van der Waals surface area contributed by atoms with Gasteiger partial charge in [-0.05, 0) is 38.8 Å². The molecule has 0 aromatic heterocycles. The Hall–Kier alpha value is -1.44. The fraction of sp³-hybridized carbons (Fsp3) is 0.533. The maximum Gasteiger partial charge on any atom is 0.336 e. The Labute approximate surface area is 130 Å². The molecular weight excluding hydrogens is 308 g/mol. The third kappa shape index (κ3) is 4.53. The second kappa shape index (κ2) is 7.21. The molecule has 0 spiro atoms. The van der Waals surface area contributed by atoms with Crippen LogP contribution in [0.4, 0.5) is 0 Å². The van der Waals surface area contributed by atoms with E-state index < -0.39 is 22.2 Å². The van der Waals surface area contributed by atoms with Gasteiger partial charge in [0, 0.05) is 6.61 Å². The predicted octanol–water partition coefficient (Wildman–Crippen LogP) is 1.81. The first-order chi connectivity index (χ1) is 10.4. The summed E-state index contributed by atoms with van der Waals surface area (Å²) >= 11 is 0. The average molecular weight is 328 g/mol. The minimum atomic E-state index is -3.99. The lowest BCUT2D eigenvalue weighted by Crippen LogP contribution is -2.29. The fourth-order valence-electron chi connectivity index (χ4n) is 2.06. The van der Waals surface area contributed by atoms with Crippen molar-refractivity contribution >= 4 is 16.1 Å². The molecule has 6 nitrogen and oxygen atoms in total. The number of rotatable bonds is 6. The van der Waals surface area contributed by atoms with Crippen molar-refractivity contribution in [1.82, 2.24) is 0 Å². The highest BCUT2D eigenvalue weighted by molar-refractivity contribution is 7.86. The van der Waals surface area contributed by atoms with Crippen LogP contribution in [0.3, 0.4) is 0 Å². The average Bonchev–Trinajstić information content (AvgIpc) is 2.98. The van der Waals surface area contributed by atoms with E-state index in [9.17, 15) is 13.2 Å². The first-order valence-corrected chi connectivity index (χ1v) is 8.57. The summed E-state index contributed by atoms with van der Waals surface area (Å²) in [6.45, 7) is 3.99. The summed E-state index contributed by atoms with van der Waals surface area (Å²) in [4.78, 5) is 11.8. The molecule has 0 saturated carbocycles. The molecule has 1 aromatic carbocycles. The molecule has 1 aliphatic rings. The van der Waals surface area contributed by atoms with Crippen LogP contribution in [0.5, 0.6) is 0 Å². The summed E-state index contributed by atoms with van der Waals surface area (Å²) in [5.41, 5.74) is 0.933. The van der Waals surface area contributed by atoms with Gasteiger partial charge in [0.05, 0.1) is 11.0 Å². The van der Waals surface area contributed by atoms with Gasteiger partial charge >= 0.3 is 5.97 Å². The zero-order valence-corrected chi connectivity index (χ0v) is 13.5. The molecule has 7 heteroatoms. The predicted molar refractivity (Wildman–Crippen MR) is 78.8 cm³/mol. The SMILES string of the molecule is Cc1ccc(S(=O)(=O)OC(C)C(=O)OCC2CCCO2)cc1. The summed E-state index contributed by atoms with van der Waals surface area (Å²) in [5, 5.41) is 0. The van der Waals surface area contributed by atoms with E-state index in [1.807, 2.05) is 6.92 Å². The van der Waals surface area contributed by atoms with E-state index in [2.05, 4.69) is 0 Å². The van der Waals surface area contributed by atoms with Crippen LogP contribution in [-0.4, -0.2) is 39.8 Å². The molecule has 1 saturated heterocycles. The van der Waals surface area contributed by atoms with Crippen LogP contribution in [0.1, 0.15) is 25.3 Å². The summed E-state index contributed by atoms with van der Waals surface area (Å²) in [6.07, 6.45) is 0.470. The van der Waals surface area contributed by atoms with E-state index in [0.29, 0.717) is 6.61 Å². The van der Waals surface area contributed by atoms with Gasteiger partial charge in [-0.3, -0.25) is 4.18 Å². The Balaban J connectivity index is 1.90. The maximum atomic E-state index is 12.1. The van der Waals surface area contributed by atoms with Gasteiger partial charge in [-0.1, -0.05) is 17.7 Å². The highest BCUT2D eigenvalue weighted by atomic mass is 32.2. The van der Waals surface area contributed by atoms with E-state index in [4.69, 9.17) is 13.7 Å². The molecule has 0 bridgehead atoms. The first kappa shape index (κ1) is 16.9. The molecule has 0 amide bonds. The largest absolute Gasteiger partial charge is 0.461 e. The summed E-state index contributed by atoms with van der Waals surface area (Å²) in [6, 6.07) is 6.21. The molecule has 122 valence electrons. The van der Waals surface area contributed by atoms with Gasteiger partial charge in [-0.15, -0.1) is 0 Å². The number of carbonyl (C=O) groups is 1. The summed E-state index contributed by atoms with van der Waals surface area (Å²) in [5.74, 6) is -0.716. The number of esters is 1. The molecule has 1 aliphatic heterocycles. The number of ether oxygens (including phenoxy) is 2. The standard InChI is InChI=1S/C15H20O6S/c1-11-5-7-14(8-6-11)22(17,18)21-12(2)15(16)20-10-13-4-3-9-19-13/h5-8,12-13H,3-4,9-10H2,1-2H3. The molecular formula is C15H20O6S. The first-order valence-electron chi connectivity index (χ1n) is 7.17.